The molecule has 1 fully saturated rings. The van der Waals surface area contributed by atoms with E-state index >= 15 is 0 Å². The lowest BCUT2D eigenvalue weighted by molar-refractivity contribution is -0.138. The SMILES string of the molecule is COc1ccc(-c2noc([C@@H]3[C@@H](CO)CCN3C(=NC(=O)OC(C)(C)C)NC(=O)OC(C)(C)C)n2)cc1C(F)(F)F. The van der Waals surface area contributed by atoms with Crippen LogP contribution in [0.5, 0.6) is 5.75 Å². The maximum absolute atomic E-state index is 13.6. The number of hydrogen-bond donors (Lipinski definition) is 2. The number of aromatic nitrogens is 2. The highest BCUT2D eigenvalue weighted by molar-refractivity contribution is 5.99. The first-order chi connectivity index (χ1) is 18.9. The summed E-state index contributed by atoms with van der Waals surface area (Å²) in [7, 11) is 1.13. The number of guanidine groups is 1. The number of amides is 2. The number of hydrogen-bond acceptors (Lipinski definition) is 9. The Balaban J connectivity index is 2.01. The monoisotopic (exact) mass is 585 g/mol. The zero-order chi connectivity index (χ0) is 30.8. The highest BCUT2D eigenvalue weighted by Gasteiger charge is 2.42. The van der Waals surface area contributed by atoms with Crippen molar-refractivity contribution in [1.82, 2.24) is 20.4 Å². The Bertz CT molecular complexity index is 1280. The van der Waals surface area contributed by atoms with E-state index < -0.39 is 47.1 Å². The van der Waals surface area contributed by atoms with Crippen LogP contribution in [0.25, 0.3) is 11.4 Å². The minimum absolute atomic E-state index is 0.00717. The number of carbonyl (C=O) groups excluding carboxylic acids is 2. The van der Waals surface area contributed by atoms with Crippen molar-refractivity contribution in [2.75, 3.05) is 20.3 Å². The van der Waals surface area contributed by atoms with E-state index in [0.717, 1.165) is 19.2 Å². The average Bonchev–Trinajstić information content (AvgIpc) is 3.47. The smallest absolute Gasteiger partial charge is 0.437 e. The van der Waals surface area contributed by atoms with Gasteiger partial charge in [-0.1, -0.05) is 5.16 Å². The van der Waals surface area contributed by atoms with Crippen molar-refractivity contribution >= 4 is 18.1 Å². The summed E-state index contributed by atoms with van der Waals surface area (Å²) in [6, 6.07) is 2.42. The molecule has 2 atom stereocenters. The van der Waals surface area contributed by atoms with Crippen molar-refractivity contribution in [2.24, 2.45) is 10.9 Å². The number of rotatable bonds is 4. The van der Waals surface area contributed by atoms with Gasteiger partial charge in [0.05, 0.1) is 12.7 Å². The number of benzene rings is 1. The lowest BCUT2D eigenvalue weighted by Crippen LogP contribution is -2.47. The molecule has 0 unspecified atom stereocenters. The van der Waals surface area contributed by atoms with E-state index in [1.54, 1.807) is 41.5 Å². The Morgan fingerprint density at radius 2 is 1.80 bits per heavy atom. The molecule has 1 aromatic heterocycles. The van der Waals surface area contributed by atoms with Crippen LogP contribution in [0.15, 0.2) is 27.7 Å². The molecule has 0 spiro atoms. The van der Waals surface area contributed by atoms with Gasteiger partial charge in [0, 0.05) is 24.6 Å². The van der Waals surface area contributed by atoms with Crippen LogP contribution < -0.4 is 10.1 Å². The molecule has 0 aliphatic carbocycles. The van der Waals surface area contributed by atoms with Crippen LogP contribution in [0.1, 0.15) is 65.5 Å². The maximum atomic E-state index is 13.6. The molecule has 3 rings (SSSR count). The molecule has 2 amide bonds. The Labute approximate surface area is 234 Å². The van der Waals surface area contributed by atoms with E-state index in [-0.39, 0.29) is 42.1 Å². The topological polar surface area (TPSA) is 149 Å². The molecule has 0 radical (unpaired) electrons. The van der Waals surface area contributed by atoms with Crippen LogP contribution in [0.4, 0.5) is 22.8 Å². The predicted molar refractivity (Wildman–Crippen MR) is 139 cm³/mol. The minimum atomic E-state index is -4.70. The first-order valence-electron chi connectivity index (χ1n) is 12.7. The Kier molecular flexibility index (Phi) is 9.20. The van der Waals surface area contributed by atoms with E-state index in [0.29, 0.717) is 6.42 Å². The van der Waals surface area contributed by atoms with Crippen molar-refractivity contribution in [1.29, 1.82) is 0 Å². The molecule has 0 saturated carbocycles. The van der Waals surface area contributed by atoms with Crippen LogP contribution in [-0.4, -0.2) is 69.8 Å². The first-order valence-corrected chi connectivity index (χ1v) is 12.7. The van der Waals surface area contributed by atoms with Gasteiger partial charge >= 0.3 is 18.4 Å². The second-order valence-electron chi connectivity index (χ2n) is 11.3. The van der Waals surface area contributed by atoms with Gasteiger partial charge in [0.15, 0.2) is 0 Å². The van der Waals surface area contributed by atoms with Crippen molar-refractivity contribution in [3.05, 3.63) is 29.7 Å². The van der Waals surface area contributed by atoms with Crippen LogP contribution in [0.3, 0.4) is 0 Å². The number of aliphatic imine (C=N–C) groups is 1. The third-order valence-electron chi connectivity index (χ3n) is 5.69. The van der Waals surface area contributed by atoms with Crippen LogP contribution >= 0.6 is 0 Å². The van der Waals surface area contributed by atoms with Crippen LogP contribution in [-0.2, 0) is 15.7 Å². The summed E-state index contributed by atoms with van der Waals surface area (Å²) in [5.74, 6) is -1.37. The lowest BCUT2D eigenvalue weighted by Gasteiger charge is -2.28. The molecule has 1 saturated heterocycles. The van der Waals surface area contributed by atoms with E-state index in [2.05, 4.69) is 20.4 Å². The normalized spacial score (nSPS) is 18.3. The fraction of sp³-hybridized carbons (Fsp3) is 0.577. The number of nitrogens with one attached hydrogen (secondary N) is 1. The fourth-order valence-electron chi connectivity index (χ4n) is 4.09. The number of ether oxygens (including phenoxy) is 3. The van der Waals surface area contributed by atoms with Crippen LogP contribution in [0, 0.1) is 5.92 Å². The van der Waals surface area contributed by atoms with Gasteiger partial charge < -0.3 is 28.7 Å². The summed E-state index contributed by atoms with van der Waals surface area (Å²) >= 11 is 0. The average molecular weight is 586 g/mol. The number of methoxy groups -OCH3 is 1. The summed E-state index contributed by atoms with van der Waals surface area (Å²) in [5, 5.41) is 16.4. The molecule has 0 bridgehead atoms. The Morgan fingerprint density at radius 3 is 2.37 bits per heavy atom. The molecule has 15 heteroatoms. The number of aliphatic hydroxyl groups excluding tert-OH is 1. The van der Waals surface area contributed by atoms with Gasteiger partial charge in [-0.25, -0.2) is 9.59 Å². The van der Waals surface area contributed by atoms with E-state index in [4.69, 9.17) is 18.7 Å². The van der Waals surface area contributed by atoms with Crippen molar-refractivity contribution in [3.63, 3.8) is 0 Å². The third-order valence-corrected chi connectivity index (χ3v) is 5.69. The number of aliphatic hydroxyl groups is 1. The van der Waals surface area contributed by atoms with Crippen LogP contribution in [0.2, 0.25) is 0 Å². The zero-order valence-electron chi connectivity index (χ0n) is 23.8. The van der Waals surface area contributed by atoms with Gasteiger partial charge in [-0.2, -0.15) is 18.2 Å². The van der Waals surface area contributed by atoms with Gasteiger partial charge in [-0.05, 0) is 66.2 Å². The van der Waals surface area contributed by atoms with Gasteiger partial charge in [-0.15, -0.1) is 4.99 Å². The standard InChI is InChI=1S/C26H34F3N5O7/c1-24(2,3)39-22(36)31-21(32-23(37)40-25(4,5)6)34-11-10-15(13-35)18(34)20-30-19(33-41-20)14-8-9-17(38-7)16(12-14)26(27,28)29/h8-9,12,15,18,35H,10-11,13H2,1-7H3,(H,31,32,36,37)/t15-,18+/m1/s1. The highest BCUT2D eigenvalue weighted by Crippen LogP contribution is 2.40. The zero-order valence-corrected chi connectivity index (χ0v) is 23.8. The predicted octanol–water partition coefficient (Wildman–Crippen LogP) is 4.94. The van der Waals surface area contributed by atoms with Crippen molar-refractivity contribution in [3.8, 4) is 17.1 Å². The van der Waals surface area contributed by atoms with Gasteiger partial charge in [0.2, 0.25) is 17.7 Å². The number of halogens is 3. The largest absolute Gasteiger partial charge is 0.496 e. The number of alkyl carbamates (subject to hydrolysis) is 1. The third kappa shape index (κ3) is 8.31. The summed E-state index contributed by atoms with van der Waals surface area (Å²) in [5.41, 5.74) is -2.76. The summed E-state index contributed by atoms with van der Waals surface area (Å²) in [6.45, 7) is 9.74. The number of likely N-dealkylation sites (tertiary alicyclic amines) is 1. The van der Waals surface area contributed by atoms with Crippen molar-refractivity contribution in [2.45, 2.75) is 71.4 Å². The molecule has 12 nitrogen and oxygen atoms in total. The second-order valence-corrected chi connectivity index (χ2v) is 11.3. The molecule has 2 heterocycles. The maximum Gasteiger partial charge on any atom is 0.437 e. The summed E-state index contributed by atoms with van der Waals surface area (Å²) in [6.07, 6.45) is -6.24. The molecular weight excluding hydrogens is 551 g/mol. The van der Waals surface area contributed by atoms with E-state index in [1.807, 2.05) is 0 Å². The molecular formula is C26H34F3N5O7. The number of alkyl halides is 3. The highest BCUT2D eigenvalue weighted by atomic mass is 19.4. The Morgan fingerprint density at radius 1 is 1.15 bits per heavy atom. The van der Waals surface area contributed by atoms with Gasteiger partial charge in [0.25, 0.3) is 0 Å². The number of nitrogens with zero attached hydrogens (tertiary/aromatic N) is 4. The minimum Gasteiger partial charge on any atom is -0.496 e. The molecule has 2 aromatic rings. The molecule has 1 aliphatic heterocycles. The van der Waals surface area contributed by atoms with Crippen molar-refractivity contribution < 1.29 is 46.6 Å². The summed E-state index contributed by atoms with van der Waals surface area (Å²) in [4.78, 5) is 34.9. The number of carbonyl (C=O) groups is 2. The lowest BCUT2D eigenvalue weighted by atomic mass is 10.0. The molecule has 1 aliphatic rings. The summed E-state index contributed by atoms with van der Waals surface area (Å²) < 4.78 is 61.5. The van der Waals surface area contributed by atoms with Gasteiger partial charge in [0.1, 0.15) is 23.0 Å². The fourth-order valence-corrected chi connectivity index (χ4v) is 4.09. The molecule has 2 N–H and O–H groups in total. The molecule has 1 aromatic carbocycles. The van der Waals surface area contributed by atoms with E-state index in [9.17, 15) is 27.9 Å². The molecule has 226 valence electrons. The van der Waals surface area contributed by atoms with E-state index in [1.165, 1.54) is 11.0 Å². The molecule has 41 heavy (non-hydrogen) atoms. The first kappa shape index (κ1) is 31.6. The Hall–Kier alpha value is -3.88. The second kappa shape index (κ2) is 11.9. The quantitative estimate of drug-likeness (QED) is 0.373. The van der Waals surface area contributed by atoms with Gasteiger partial charge in [-0.3, -0.25) is 5.32 Å².